The maximum atomic E-state index is 13.1. The highest BCUT2D eigenvalue weighted by Gasteiger charge is 2.39. The van der Waals surface area contributed by atoms with Crippen LogP contribution in [0, 0.1) is 5.92 Å². The molecule has 0 amide bonds. The Morgan fingerprint density at radius 2 is 2.07 bits per heavy atom. The van der Waals surface area contributed by atoms with Gasteiger partial charge in [0, 0.05) is 28.2 Å². The van der Waals surface area contributed by atoms with Crippen LogP contribution in [0.4, 0.5) is 0 Å². The van der Waals surface area contributed by atoms with Gasteiger partial charge in [-0.2, -0.15) is 0 Å². The maximum Gasteiger partial charge on any atom is 0.192 e. The van der Waals surface area contributed by atoms with Crippen LogP contribution in [0.1, 0.15) is 63.2 Å². The summed E-state index contributed by atoms with van der Waals surface area (Å²) >= 11 is 7.64. The number of ketones is 1. The summed E-state index contributed by atoms with van der Waals surface area (Å²) in [6, 6.07) is 5.07. The molecule has 0 spiro atoms. The van der Waals surface area contributed by atoms with Crippen LogP contribution in [-0.4, -0.2) is 35.0 Å². The molecule has 0 radical (unpaired) electrons. The van der Waals surface area contributed by atoms with Gasteiger partial charge in [-0.3, -0.25) is 4.79 Å². The number of hydrogen-bond acceptors (Lipinski definition) is 5. The minimum atomic E-state index is -0.862. The molecule has 1 aromatic carbocycles. The van der Waals surface area contributed by atoms with Gasteiger partial charge in [0.2, 0.25) is 0 Å². The Labute approximate surface area is 183 Å². The molecule has 2 aliphatic rings. The van der Waals surface area contributed by atoms with Crippen LogP contribution in [0.3, 0.4) is 0 Å². The molecule has 6 heteroatoms. The van der Waals surface area contributed by atoms with Crippen molar-refractivity contribution in [2.24, 2.45) is 5.92 Å². The van der Waals surface area contributed by atoms with E-state index in [1.807, 2.05) is 13.8 Å². The molecule has 3 rings (SSSR count). The minimum Gasteiger partial charge on any atom is -0.496 e. The van der Waals surface area contributed by atoms with E-state index < -0.39 is 5.60 Å². The molecule has 0 atom stereocenters. The molecule has 1 heterocycles. The van der Waals surface area contributed by atoms with Crippen LogP contribution < -0.4 is 4.74 Å². The highest BCUT2D eigenvalue weighted by atomic mass is 35.5. The topological polar surface area (TPSA) is 49.8 Å². The van der Waals surface area contributed by atoms with Gasteiger partial charge in [0.15, 0.2) is 5.78 Å². The van der Waals surface area contributed by atoms with E-state index in [2.05, 4.69) is 11.8 Å². The molecule has 158 valence electrons. The lowest BCUT2D eigenvalue weighted by atomic mass is 9.85. The Kier molecular flexibility index (Phi) is 7.02. The lowest BCUT2D eigenvalue weighted by Gasteiger charge is -2.32. The van der Waals surface area contributed by atoms with Crippen molar-refractivity contribution in [1.29, 1.82) is 0 Å². The van der Waals surface area contributed by atoms with Gasteiger partial charge in [-0.05, 0) is 56.7 Å². The number of carbonyl (C=O) groups excluding carboxylic acids is 1. The lowest BCUT2D eigenvalue weighted by molar-refractivity contribution is 0.0768. The van der Waals surface area contributed by atoms with Gasteiger partial charge in [-0.15, -0.1) is 0 Å². The Bertz CT molecular complexity index is 841. The fraction of sp³-hybridized carbons (Fsp3) is 0.522. The maximum absolute atomic E-state index is 13.1. The van der Waals surface area contributed by atoms with Crippen LogP contribution in [0.25, 0.3) is 0 Å². The highest BCUT2D eigenvalue weighted by Crippen LogP contribution is 2.49. The number of ether oxygens (including phenoxy) is 1. The zero-order chi connectivity index (χ0) is 21.2. The first kappa shape index (κ1) is 22.3. The SMILES string of the molecule is CCC(O)(CC)C1=C(C)N(CC2CCC2)C(=CC(=O)c2cc(Cl)ccc2OC)S1. The van der Waals surface area contributed by atoms with E-state index in [-0.39, 0.29) is 5.78 Å². The van der Waals surface area contributed by atoms with Crippen LogP contribution in [0.5, 0.6) is 5.75 Å². The Hall–Kier alpha value is -1.43. The van der Waals surface area contributed by atoms with Gasteiger partial charge in [0.1, 0.15) is 5.75 Å². The Balaban J connectivity index is 1.96. The average Bonchev–Trinajstić information content (AvgIpc) is 2.99. The van der Waals surface area contributed by atoms with Crippen molar-refractivity contribution < 1.29 is 14.6 Å². The summed E-state index contributed by atoms with van der Waals surface area (Å²) in [5.74, 6) is 1.00. The van der Waals surface area contributed by atoms with E-state index in [4.69, 9.17) is 16.3 Å². The molecule has 4 nitrogen and oxygen atoms in total. The Morgan fingerprint density at radius 1 is 1.38 bits per heavy atom. The standard InChI is InChI=1S/C23H30ClNO3S/c1-5-23(27,6-2)22-15(3)25(14-16-8-7-9-16)21(29-22)13-19(26)18-12-17(24)10-11-20(18)28-4/h10-13,16,27H,5-9,14H2,1-4H3. The first-order valence-electron chi connectivity index (χ1n) is 10.3. The second-order valence-electron chi connectivity index (χ2n) is 7.85. The van der Waals surface area contributed by atoms with Crippen molar-refractivity contribution in [3.8, 4) is 5.75 Å². The summed E-state index contributed by atoms with van der Waals surface area (Å²) in [6.45, 7) is 6.95. The van der Waals surface area contributed by atoms with E-state index in [1.165, 1.54) is 31.0 Å². The summed E-state index contributed by atoms with van der Waals surface area (Å²) < 4.78 is 5.36. The summed E-state index contributed by atoms with van der Waals surface area (Å²) in [5, 5.41) is 12.5. The van der Waals surface area contributed by atoms with E-state index in [0.717, 1.165) is 22.2 Å². The van der Waals surface area contributed by atoms with Crippen LogP contribution in [-0.2, 0) is 0 Å². The molecule has 1 aromatic rings. The number of thioether (sulfide) groups is 1. The van der Waals surface area contributed by atoms with Crippen LogP contribution in [0.2, 0.25) is 5.02 Å². The normalized spacial score (nSPS) is 19.1. The van der Waals surface area contributed by atoms with Gasteiger partial charge >= 0.3 is 0 Å². The number of methoxy groups -OCH3 is 1. The van der Waals surface area contributed by atoms with E-state index >= 15 is 0 Å². The first-order chi connectivity index (χ1) is 13.8. The summed E-state index contributed by atoms with van der Waals surface area (Å²) in [5.41, 5.74) is 0.646. The van der Waals surface area contributed by atoms with Crippen molar-refractivity contribution >= 4 is 29.1 Å². The van der Waals surface area contributed by atoms with Crippen molar-refractivity contribution in [3.63, 3.8) is 0 Å². The number of aliphatic hydroxyl groups is 1. The smallest absolute Gasteiger partial charge is 0.192 e. The van der Waals surface area contributed by atoms with E-state index in [1.54, 1.807) is 31.4 Å². The average molecular weight is 436 g/mol. The third kappa shape index (κ3) is 4.52. The number of nitrogens with zero attached hydrogens (tertiary/aromatic N) is 1. The second kappa shape index (κ2) is 9.15. The molecule has 0 saturated heterocycles. The summed E-state index contributed by atoms with van der Waals surface area (Å²) in [7, 11) is 1.55. The van der Waals surface area contributed by atoms with Gasteiger partial charge < -0.3 is 14.7 Å². The predicted octanol–water partition coefficient (Wildman–Crippen LogP) is 6.00. The van der Waals surface area contributed by atoms with Crippen molar-refractivity contribution in [2.75, 3.05) is 13.7 Å². The zero-order valence-corrected chi connectivity index (χ0v) is 19.2. The number of benzene rings is 1. The molecule has 1 aliphatic heterocycles. The van der Waals surface area contributed by atoms with E-state index in [0.29, 0.717) is 35.1 Å². The highest BCUT2D eigenvalue weighted by molar-refractivity contribution is 8.07. The van der Waals surface area contributed by atoms with Crippen LogP contribution >= 0.6 is 23.4 Å². The molecule has 0 aromatic heterocycles. The predicted molar refractivity (Wildman–Crippen MR) is 120 cm³/mol. The van der Waals surface area contributed by atoms with Crippen molar-refractivity contribution in [1.82, 2.24) is 4.90 Å². The first-order valence-corrected chi connectivity index (χ1v) is 11.5. The molecule has 1 N–H and O–H groups in total. The number of halogens is 1. The molecule has 29 heavy (non-hydrogen) atoms. The molecular weight excluding hydrogens is 406 g/mol. The monoisotopic (exact) mass is 435 g/mol. The summed E-state index contributed by atoms with van der Waals surface area (Å²) in [6.07, 6.45) is 6.66. The number of hydrogen-bond donors (Lipinski definition) is 1. The molecular formula is C23H30ClNO3S. The largest absolute Gasteiger partial charge is 0.496 e. The van der Waals surface area contributed by atoms with Crippen molar-refractivity contribution in [2.45, 2.75) is 58.5 Å². The third-order valence-electron chi connectivity index (χ3n) is 6.15. The Morgan fingerprint density at radius 3 is 2.62 bits per heavy atom. The molecule has 1 fully saturated rings. The second-order valence-corrected chi connectivity index (χ2v) is 9.32. The third-order valence-corrected chi connectivity index (χ3v) is 7.81. The molecule has 1 saturated carbocycles. The fourth-order valence-electron chi connectivity index (χ4n) is 3.85. The minimum absolute atomic E-state index is 0.143. The summed E-state index contributed by atoms with van der Waals surface area (Å²) in [4.78, 5) is 16.3. The number of allylic oxidation sites excluding steroid dienone is 2. The zero-order valence-electron chi connectivity index (χ0n) is 17.6. The van der Waals surface area contributed by atoms with Gasteiger partial charge in [-0.25, -0.2) is 0 Å². The molecule has 0 bridgehead atoms. The quantitative estimate of drug-likeness (QED) is 0.400. The van der Waals surface area contributed by atoms with Gasteiger partial charge in [-0.1, -0.05) is 43.6 Å². The molecule has 0 unspecified atom stereocenters. The number of rotatable bonds is 8. The lowest BCUT2D eigenvalue weighted by Crippen LogP contribution is -2.31. The van der Waals surface area contributed by atoms with Crippen molar-refractivity contribution in [3.05, 3.63) is 50.5 Å². The van der Waals surface area contributed by atoms with E-state index in [9.17, 15) is 9.90 Å². The number of carbonyl (C=O) groups is 1. The van der Waals surface area contributed by atoms with Crippen LogP contribution in [0.15, 0.2) is 39.9 Å². The van der Waals surface area contributed by atoms with Gasteiger partial charge in [0.25, 0.3) is 0 Å². The van der Waals surface area contributed by atoms with Gasteiger partial charge in [0.05, 0.1) is 23.3 Å². The fourth-order valence-corrected chi connectivity index (χ4v) is 5.46. The molecule has 1 aliphatic carbocycles.